The van der Waals surface area contributed by atoms with Gasteiger partial charge in [-0.3, -0.25) is 4.79 Å². The molecule has 0 amide bonds. The summed E-state index contributed by atoms with van der Waals surface area (Å²) in [5, 5.41) is 9.31. The summed E-state index contributed by atoms with van der Waals surface area (Å²) in [4.78, 5) is 11.0. The van der Waals surface area contributed by atoms with E-state index in [0.717, 1.165) is 0 Å². The van der Waals surface area contributed by atoms with Crippen LogP contribution >= 0.6 is 11.6 Å². The molecule has 16 heavy (non-hydrogen) atoms. The number of hydrogen-bond acceptors (Lipinski definition) is 1. The molecule has 1 aromatic rings. The van der Waals surface area contributed by atoms with E-state index < -0.39 is 17.7 Å². The second kappa shape index (κ2) is 4.83. The molecule has 0 heterocycles. The number of carboxylic acid groups (broad SMARTS) is 1. The van der Waals surface area contributed by atoms with Gasteiger partial charge in [-0.25, -0.2) is 4.39 Å². The van der Waals surface area contributed by atoms with Gasteiger partial charge in [0, 0.05) is 10.6 Å². The van der Waals surface area contributed by atoms with Gasteiger partial charge in [0.2, 0.25) is 0 Å². The van der Waals surface area contributed by atoms with E-state index in [-0.39, 0.29) is 5.02 Å². The van der Waals surface area contributed by atoms with Crippen molar-refractivity contribution in [2.45, 2.75) is 33.1 Å². The fourth-order valence-corrected chi connectivity index (χ4v) is 1.96. The van der Waals surface area contributed by atoms with Crippen molar-refractivity contribution in [1.29, 1.82) is 0 Å². The highest BCUT2D eigenvalue weighted by molar-refractivity contribution is 6.31. The molecule has 0 aliphatic carbocycles. The molecule has 0 aromatic heterocycles. The number of aliphatic carboxylic acids is 1. The minimum atomic E-state index is -0.954. The monoisotopic (exact) mass is 244 g/mol. The van der Waals surface area contributed by atoms with Crippen LogP contribution in [0.4, 0.5) is 4.39 Å². The third kappa shape index (κ3) is 2.19. The van der Waals surface area contributed by atoms with Crippen LogP contribution in [0, 0.1) is 19.7 Å². The van der Waals surface area contributed by atoms with Gasteiger partial charge in [-0.15, -0.1) is 0 Å². The zero-order valence-corrected chi connectivity index (χ0v) is 10.2. The second-order valence-electron chi connectivity index (χ2n) is 3.81. The van der Waals surface area contributed by atoms with Gasteiger partial charge in [0.05, 0.1) is 5.92 Å². The highest BCUT2D eigenvalue weighted by atomic mass is 35.5. The molecule has 0 spiro atoms. The van der Waals surface area contributed by atoms with Crippen LogP contribution in [0.25, 0.3) is 0 Å². The first-order chi connectivity index (χ1) is 7.40. The van der Waals surface area contributed by atoms with Gasteiger partial charge in [-0.2, -0.15) is 0 Å². The van der Waals surface area contributed by atoms with Crippen LogP contribution in [0.3, 0.4) is 0 Å². The van der Waals surface area contributed by atoms with Crippen LogP contribution in [0.2, 0.25) is 5.02 Å². The smallest absolute Gasteiger partial charge is 0.310 e. The van der Waals surface area contributed by atoms with E-state index in [1.165, 1.54) is 0 Å². The Morgan fingerprint density at radius 2 is 2.06 bits per heavy atom. The van der Waals surface area contributed by atoms with Crippen molar-refractivity contribution in [3.05, 3.63) is 33.6 Å². The first-order valence-electron chi connectivity index (χ1n) is 5.08. The summed E-state index contributed by atoms with van der Waals surface area (Å²) >= 11 is 5.86. The largest absolute Gasteiger partial charge is 0.481 e. The summed E-state index contributed by atoms with van der Waals surface area (Å²) in [7, 11) is 0. The average Bonchev–Trinajstić information content (AvgIpc) is 2.23. The minimum Gasteiger partial charge on any atom is -0.481 e. The summed E-state index contributed by atoms with van der Waals surface area (Å²) in [6.45, 7) is 4.92. The average molecular weight is 245 g/mol. The molecule has 1 unspecified atom stereocenters. The lowest BCUT2D eigenvalue weighted by Gasteiger charge is -2.16. The van der Waals surface area contributed by atoms with Crippen LogP contribution in [0.15, 0.2) is 6.07 Å². The Kier molecular flexibility index (Phi) is 3.92. The SMILES string of the molecule is CCC(C(=O)O)c1cc(Cl)c(C)c(F)c1C. The van der Waals surface area contributed by atoms with Crippen molar-refractivity contribution >= 4 is 17.6 Å². The molecule has 1 rings (SSSR count). The highest BCUT2D eigenvalue weighted by Gasteiger charge is 2.23. The van der Waals surface area contributed by atoms with Crippen LogP contribution in [0.1, 0.15) is 36.0 Å². The summed E-state index contributed by atoms with van der Waals surface area (Å²) < 4.78 is 13.7. The molecule has 0 saturated heterocycles. The highest BCUT2D eigenvalue weighted by Crippen LogP contribution is 2.31. The Balaban J connectivity index is 3.39. The summed E-state index contributed by atoms with van der Waals surface area (Å²) in [6.07, 6.45) is 0.412. The van der Waals surface area contributed by atoms with Crippen molar-refractivity contribution < 1.29 is 14.3 Å². The lowest BCUT2D eigenvalue weighted by molar-refractivity contribution is -0.138. The molecule has 1 N–H and O–H groups in total. The summed E-state index contributed by atoms with van der Waals surface area (Å²) in [5.41, 5.74) is 1.20. The van der Waals surface area contributed by atoms with Crippen LogP contribution in [-0.4, -0.2) is 11.1 Å². The number of halogens is 2. The molecule has 1 atom stereocenters. The fraction of sp³-hybridized carbons (Fsp3) is 0.417. The molecule has 0 saturated carbocycles. The quantitative estimate of drug-likeness (QED) is 0.881. The number of hydrogen-bond donors (Lipinski definition) is 1. The molecule has 0 aliphatic heterocycles. The first kappa shape index (κ1) is 13.0. The van der Waals surface area contributed by atoms with E-state index in [2.05, 4.69) is 0 Å². The van der Waals surface area contributed by atoms with E-state index in [1.54, 1.807) is 26.8 Å². The lowest BCUT2D eigenvalue weighted by Crippen LogP contribution is -2.13. The van der Waals surface area contributed by atoms with Crippen LogP contribution in [-0.2, 0) is 4.79 Å². The number of carbonyl (C=O) groups is 1. The van der Waals surface area contributed by atoms with Crippen LogP contribution < -0.4 is 0 Å². The maximum Gasteiger partial charge on any atom is 0.310 e. The molecular formula is C12H14ClFO2. The zero-order valence-electron chi connectivity index (χ0n) is 9.47. The van der Waals surface area contributed by atoms with Gasteiger partial charge < -0.3 is 5.11 Å². The Bertz CT molecular complexity index is 430. The molecule has 0 aliphatic rings. The normalized spacial score (nSPS) is 12.6. The molecule has 0 fully saturated rings. The van der Waals surface area contributed by atoms with E-state index in [0.29, 0.717) is 23.1 Å². The maximum absolute atomic E-state index is 13.7. The topological polar surface area (TPSA) is 37.3 Å². The van der Waals surface area contributed by atoms with Crippen molar-refractivity contribution in [3.8, 4) is 0 Å². The van der Waals surface area contributed by atoms with Crippen molar-refractivity contribution in [2.24, 2.45) is 0 Å². The van der Waals surface area contributed by atoms with Crippen molar-refractivity contribution in [1.82, 2.24) is 0 Å². The van der Waals surface area contributed by atoms with E-state index in [4.69, 9.17) is 16.7 Å². The van der Waals surface area contributed by atoms with Gasteiger partial charge >= 0.3 is 5.97 Å². The zero-order chi connectivity index (χ0) is 12.5. The molecule has 88 valence electrons. The van der Waals surface area contributed by atoms with Gasteiger partial charge in [0.15, 0.2) is 0 Å². The molecule has 1 aromatic carbocycles. The van der Waals surface area contributed by atoms with E-state index in [9.17, 15) is 9.18 Å². The van der Waals surface area contributed by atoms with E-state index in [1.807, 2.05) is 0 Å². The summed E-state index contributed by atoms with van der Waals surface area (Å²) in [6, 6.07) is 1.55. The van der Waals surface area contributed by atoms with Gasteiger partial charge in [-0.1, -0.05) is 18.5 Å². The predicted octanol–water partition coefficient (Wildman–Crippen LogP) is 3.67. The second-order valence-corrected chi connectivity index (χ2v) is 4.22. The third-order valence-electron chi connectivity index (χ3n) is 2.81. The number of carboxylic acids is 1. The number of benzene rings is 1. The van der Waals surface area contributed by atoms with Crippen molar-refractivity contribution in [3.63, 3.8) is 0 Å². The first-order valence-corrected chi connectivity index (χ1v) is 5.45. The van der Waals surface area contributed by atoms with Gasteiger partial charge in [0.25, 0.3) is 0 Å². The van der Waals surface area contributed by atoms with Crippen molar-refractivity contribution in [2.75, 3.05) is 0 Å². The summed E-state index contributed by atoms with van der Waals surface area (Å²) in [5.74, 6) is -2.07. The molecule has 0 bridgehead atoms. The Labute approximate surface area is 99.0 Å². The molecule has 4 heteroatoms. The van der Waals surface area contributed by atoms with Crippen LogP contribution in [0.5, 0.6) is 0 Å². The molecule has 2 nitrogen and oxygen atoms in total. The fourth-order valence-electron chi connectivity index (χ4n) is 1.76. The molecular weight excluding hydrogens is 231 g/mol. The van der Waals surface area contributed by atoms with Gasteiger partial charge in [0.1, 0.15) is 5.82 Å². The molecule has 0 radical (unpaired) electrons. The maximum atomic E-state index is 13.7. The predicted molar refractivity (Wildman–Crippen MR) is 61.6 cm³/mol. The number of rotatable bonds is 3. The minimum absolute atomic E-state index is 0.276. The Morgan fingerprint density at radius 1 is 1.50 bits per heavy atom. The van der Waals surface area contributed by atoms with E-state index >= 15 is 0 Å². The lowest BCUT2D eigenvalue weighted by atomic mass is 9.91. The van der Waals surface area contributed by atoms with Gasteiger partial charge in [-0.05, 0) is 37.5 Å². The standard InChI is InChI=1S/C12H14ClFO2/c1-4-8(12(15)16)9-5-10(13)7(3)11(14)6(9)2/h5,8H,4H2,1-3H3,(H,15,16). The Hall–Kier alpha value is -1.09. The Morgan fingerprint density at radius 3 is 2.50 bits per heavy atom. The third-order valence-corrected chi connectivity index (χ3v) is 3.21.